The zero-order chi connectivity index (χ0) is 15.8. The molecule has 1 aromatic carbocycles. The Labute approximate surface area is 144 Å². The summed E-state index contributed by atoms with van der Waals surface area (Å²) in [6, 6.07) is 8.38. The number of fused-ring (bicyclic) bond motifs is 2. The molecule has 3 aromatic rings. The Morgan fingerprint density at radius 3 is 2.78 bits per heavy atom. The van der Waals surface area contributed by atoms with Crippen LogP contribution in [0.25, 0.3) is 20.8 Å². The molecule has 0 saturated heterocycles. The number of thiazole rings is 1. The number of rotatable bonds is 3. The van der Waals surface area contributed by atoms with Crippen molar-refractivity contribution in [2.24, 2.45) is 4.99 Å². The van der Waals surface area contributed by atoms with Crippen LogP contribution < -0.4 is 0 Å². The van der Waals surface area contributed by atoms with Gasteiger partial charge in [-0.15, -0.1) is 22.7 Å². The normalized spacial score (nSPS) is 14.5. The number of aryl methyl sites for hydroxylation is 1. The summed E-state index contributed by atoms with van der Waals surface area (Å²) >= 11 is 3.64. The van der Waals surface area contributed by atoms with Gasteiger partial charge < -0.3 is 4.90 Å². The standard InChI is InChI=1S/C18H19N3S2/c1-21(2)11-19-17-16(12-7-3-5-9-14(12)22-17)18-20-13-8-4-6-10-15(13)23-18/h4,6,8,10-11H,3,5,7,9H2,1-2H3. The molecule has 0 radical (unpaired) electrons. The summed E-state index contributed by atoms with van der Waals surface area (Å²) in [5, 5.41) is 2.24. The average molecular weight is 342 g/mol. The molecule has 0 spiro atoms. The highest BCUT2D eigenvalue weighted by atomic mass is 32.1. The van der Waals surface area contributed by atoms with E-state index in [9.17, 15) is 0 Å². The van der Waals surface area contributed by atoms with E-state index in [1.165, 1.54) is 40.0 Å². The minimum atomic E-state index is 1.09. The molecule has 0 bridgehead atoms. The van der Waals surface area contributed by atoms with Crippen molar-refractivity contribution in [1.29, 1.82) is 0 Å². The number of nitrogens with zero attached hydrogens (tertiary/aromatic N) is 3. The van der Waals surface area contributed by atoms with Crippen LogP contribution in [0.2, 0.25) is 0 Å². The van der Waals surface area contributed by atoms with Crippen LogP contribution in [0.4, 0.5) is 5.00 Å². The van der Waals surface area contributed by atoms with E-state index in [0.29, 0.717) is 0 Å². The van der Waals surface area contributed by atoms with Gasteiger partial charge in [-0.25, -0.2) is 9.98 Å². The Hall–Kier alpha value is -1.72. The summed E-state index contributed by atoms with van der Waals surface area (Å²) in [4.78, 5) is 13.1. The van der Waals surface area contributed by atoms with Gasteiger partial charge in [0.1, 0.15) is 10.0 Å². The summed E-state index contributed by atoms with van der Waals surface area (Å²) in [6.45, 7) is 0. The minimum absolute atomic E-state index is 1.09. The molecule has 0 fully saturated rings. The monoisotopic (exact) mass is 341 g/mol. The molecule has 0 amide bonds. The van der Waals surface area contributed by atoms with Crippen molar-refractivity contribution in [1.82, 2.24) is 9.88 Å². The fourth-order valence-corrected chi connectivity index (χ4v) is 5.34. The number of hydrogen-bond donors (Lipinski definition) is 0. The van der Waals surface area contributed by atoms with E-state index in [-0.39, 0.29) is 0 Å². The van der Waals surface area contributed by atoms with Crippen LogP contribution in [-0.4, -0.2) is 30.3 Å². The largest absolute Gasteiger partial charge is 0.369 e. The molecule has 118 valence electrons. The molecule has 0 N–H and O–H groups in total. The fraction of sp³-hybridized carbons (Fsp3) is 0.333. The first-order valence-corrected chi connectivity index (χ1v) is 9.57. The van der Waals surface area contributed by atoms with Gasteiger partial charge in [-0.2, -0.15) is 0 Å². The van der Waals surface area contributed by atoms with E-state index in [0.717, 1.165) is 21.9 Å². The molecule has 3 nitrogen and oxygen atoms in total. The van der Waals surface area contributed by atoms with E-state index >= 15 is 0 Å². The van der Waals surface area contributed by atoms with E-state index in [1.54, 1.807) is 11.3 Å². The topological polar surface area (TPSA) is 28.5 Å². The molecular weight excluding hydrogens is 322 g/mol. The van der Waals surface area contributed by atoms with Gasteiger partial charge in [0.15, 0.2) is 0 Å². The van der Waals surface area contributed by atoms with E-state index in [4.69, 9.17) is 9.98 Å². The number of hydrogen-bond acceptors (Lipinski definition) is 4. The van der Waals surface area contributed by atoms with Crippen LogP contribution in [0, 0.1) is 0 Å². The number of benzene rings is 1. The van der Waals surface area contributed by atoms with Gasteiger partial charge in [0, 0.05) is 19.0 Å². The second-order valence-corrected chi connectivity index (χ2v) is 8.20. The Kier molecular flexibility index (Phi) is 3.91. The first kappa shape index (κ1) is 14.8. The lowest BCUT2D eigenvalue weighted by Crippen LogP contribution is -2.06. The van der Waals surface area contributed by atoms with Crippen LogP contribution in [0.3, 0.4) is 0 Å². The molecule has 23 heavy (non-hydrogen) atoms. The van der Waals surface area contributed by atoms with Gasteiger partial charge in [-0.05, 0) is 43.4 Å². The lowest BCUT2D eigenvalue weighted by Gasteiger charge is -2.11. The maximum absolute atomic E-state index is 4.89. The summed E-state index contributed by atoms with van der Waals surface area (Å²) in [5.74, 6) is 0. The molecule has 0 atom stereocenters. The maximum Gasteiger partial charge on any atom is 0.128 e. The van der Waals surface area contributed by atoms with Crippen LogP contribution in [-0.2, 0) is 12.8 Å². The highest BCUT2D eigenvalue weighted by Gasteiger charge is 2.23. The van der Waals surface area contributed by atoms with Crippen molar-refractivity contribution in [3.63, 3.8) is 0 Å². The van der Waals surface area contributed by atoms with E-state index in [2.05, 4.69) is 24.3 Å². The number of thiophene rings is 1. The second-order valence-electron chi connectivity index (χ2n) is 6.09. The summed E-state index contributed by atoms with van der Waals surface area (Å²) < 4.78 is 1.25. The van der Waals surface area contributed by atoms with Gasteiger partial charge in [-0.1, -0.05) is 12.1 Å². The zero-order valence-corrected chi connectivity index (χ0v) is 15.0. The van der Waals surface area contributed by atoms with Crippen molar-refractivity contribution in [3.8, 4) is 10.6 Å². The highest BCUT2D eigenvalue weighted by Crippen LogP contribution is 2.47. The Morgan fingerprint density at radius 1 is 1.13 bits per heavy atom. The maximum atomic E-state index is 4.89. The predicted octanol–water partition coefficient (Wildman–Crippen LogP) is 5.13. The van der Waals surface area contributed by atoms with Crippen molar-refractivity contribution < 1.29 is 0 Å². The molecule has 0 aliphatic heterocycles. The fourth-order valence-electron chi connectivity index (χ4n) is 3.01. The first-order valence-electron chi connectivity index (χ1n) is 7.93. The predicted molar refractivity (Wildman–Crippen MR) is 101 cm³/mol. The third-order valence-corrected chi connectivity index (χ3v) is 6.32. The van der Waals surface area contributed by atoms with Gasteiger partial charge in [0.25, 0.3) is 0 Å². The van der Waals surface area contributed by atoms with Gasteiger partial charge in [-0.3, -0.25) is 0 Å². The molecule has 1 aliphatic carbocycles. The van der Waals surface area contributed by atoms with E-state index in [1.807, 2.05) is 36.7 Å². The number of aliphatic imine (C=N–C) groups is 1. The van der Waals surface area contributed by atoms with Crippen LogP contribution in [0.5, 0.6) is 0 Å². The second kappa shape index (κ2) is 6.06. The van der Waals surface area contributed by atoms with Crippen molar-refractivity contribution in [2.45, 2.75) is 25.7 Å². The zero-order valence-electron chi connectivity index (χ0n) is 13.4. The highest BCUT2D eigenvalue weighted by molar-refractivity contribution is 7.22. The van der Waals surface area contributed by atoms with Crippen molar-refractivity contribution >= 4 is 44.2 Å². The smallest absolute Gasteiger partial charge is 0.128 e. The molecule has 2 heterocycles. The first-order chi connectivity index (χ1) is 11.2. The minimum Gasteiger partial charge on any atom is -0.369 e. The third kappa shape index (κ3) is 2.79. The molecule has 2 aromatic heterocycles. The molecular formula is C18H19N3S2. The summed E-state index contributed by atoms with van der Waals surface area (Å²) in [6.07, 6.45) is 6.82. The van der Waals surface area contributed by atoms with E-state index < -0.39 is 0 Å². The SMILES string of the molecule is CN(C)C=Nc1sc2c(c1-c1nc3ccccc3s1)CCCC2. The summed E-state index contributed by atoms with van der Waals surface area (Å²) in [7, 11) is 4.02. The van der Waals surface area contributed by atoms with Crippen LogP contribution in [0.15, 0.2) is 29.3 Å². The molecule has 0 saturated carbocycles. The number of aromatic nitrogens is 1. The Bertz CT molecular complexity index is 841. The van der Waals surface area contributed by atoms with Crippen LogP contribution in [0.1, 0.15) is 23.3 Å². The Morgan fingerprint density at radius 2 is 1.96 bits per heavy atom. The van der Waals surface area contributed by atoms with Crippen molar-refractivity contribution in [2.75, 3.05) is 14.1 Å². The van der Waals surface area contributed by atoms with Gasteiger partial charge >= 0.3 is 0 Å². The molecule has 4 rings (SSSR count). The summed E-state index contributed by atoms with van der Waals surface area (Å²) in [5.41, 5.74) is 3.86. The van der Waals surface area contributed by atoms with Gasteiger partial charge in [0.2, 0.25) is 0 Å². The Balaban J connectivity index is 1.89. The lowest BCUT2D eigenvalue weighted by atomic mass is 9.96. The number of para-hydroxylation sites is 1. The molecule has 1 aliphatic rings. The van der Waals surface area contributed by atoms with Gasteiger partial charge in [0.05, 0.1) is 22.1 Å². The lowest BCUT2D eigenvalue weighted by molar-refractivity contribution is 0.643. The van der Waals surface area contributed by atoms with Crippen LogP contribution >= 0.6 is 22.7 Å². The average Bonchev–Trinajstić information content (AvgIpc) is 3.13. The molecule has 5 heteroatoms. The molecule has 0 unspecified atom stereocenters. The quantitative estimate of drug-likeness (QED) is 0.488. The third-order valence-electron chi connectivity index (χ3n) is 4.07. The van der Waals surface area contributed by atoms with Crippen molar-refractivity contribution in [3.05, 3.63) is 34.7 Å².